The van der Waals surface area contributed by atoms with Gasteiger partial charge in [-0.25, -0.2) is 4.98 Å². The lowest BCUT2D eigenvalue weighted by atomic mass is 10.2. The topological polar surface area (TPSA) is 70.6 Å². The minimum absolute atomic E-state index is 0.0264. The molecule has 1 aromatic carbocycles. The van der Waals surface area contributed by atoms with E-state index in [1.165, 1.54) is 16.7 Å². The molecule has 0 saturated carbocycles. The summed E-state index contributed by atoms with van der Waals surface area (Å²) < 4.78 is 1.99. The number of carbonyl (C=O) groups excluding carboxylic acids is 3. The van der Waals surface area contributed by atoms with Gasteiger partial charge in [0.05, 0.1) is 27.8 Å². The Morgan fingerprint density at radius 1 is 1.32 bits per heavy atom. The van der Waals surface area contributed by atoms with Crippen LogP contribution in [0.3, 0.4) is 0 Å². The number of imide groups is 1. The van der Waals surface area contributed by atoms with Crippen molar-refractivity contribution in [2.24, 2.45) is 0 Å². The molecule has 0 N–H and O–H groups in total. The van der Waals surface area contributed by atoms with Gasteiger partial charge in [-0.2, -0.15) is 0 Å². The Labute approximate surface area is 156 Å². The van der Waals surface area contributed by atoms with Crippen molar-refractivity contribution < 1.29 is 14.4 Å². The molecule has 0 bridgehead atoms. The second-order valence-corrected chi connectivity index (χ2v) is 9.02. The Balaban J connectivity index is 1.34. The van der Waals surface area contributed by atoms with Crippen molar-refractivity contribution in [2.45, 2.75) is 16.8 Å². The molecule has 4 rings (SSSR count). The Hall–Kier alpha value is -1.58. The SMILES string of the molecule is O=C(CSc1nc2ccccc2s1)N1CCC(N2C(=O)CSC2=O)C1. The van der Waals surface area contributed by atoms with Gasteiger partial charge in [-0.3, -0.25) is 19.3 Å². The van der Waals surface area contributed by atoms with Crippen molar-refractivity contribution >= 4 is 62.1 Å². The van der Waals surface area contributed by atoms with Crippen LogP contribution in [0.25, 0.3) is 10.2 Å². The fourth-order valence-corrected chi connectivity index (χ4v) is 5.77. The van der Waals surface area contributed by atoms with E-state index in [1.807, 2.05) is 24.3 Å². The summed E-state index contributed by atoms with van der Waals surface area (Å²) in [6, 6.07) is 7.73. The molecular weight excluding hydrogens is 378 g/mol. The third kappa shape index (κ3) is 3.40. The Morgan fingerprint density at radius 2 is 2.16 bits per heavy atom. The van der Waals surface area contributed by atoms with Crippen molar-refractivity contribution in [3.8, 4) is 0 Å². The summed E-state index contributed by atoms with van der Waals surface area (Å²) in [5.74, 6) is 0.427. The molecule has 130 valence electrons. The van der Waals surface area contributed by atoms with E-state index in [1.54, 1.807) is 16.2 Å². The molecule has 25 heavy (non-hydrogen) atoms. The first-order valence-electron chi connectivity index (χ1n) is 7.87. The average molecular weight is 394 g/mol. The quantitative estimate of drug-likeness (QED) is 0.744. The highest BCUT2D eigenvalue weighted by Crippen LogP contribution is 2.30. The number of amides is 3. The maximum absolute atomic E-state index is 12.4. The van der Waals surface area contributed by atoms with E-state index in [2.05, 4.69) is 4.98 Å². The van der Waals surface area contributed by atoms with Gasteiger partial charge in [-0.1, -0.05) is 35.7 Å². The molecule has 2 saturated heterocycles. The first kappa shape index (κ1) is 16.9. The minimum Gasteiger partial charge on any atom is -0.340 e. The summed E-state index contributed by atoms with van der Waals surface area (Å²) in [7, 11) is 0. The number of fused-ring (bicyclic) bond motifs is 1. The van der Waals surface area contributed by atoms with Crippen LogP contribution in [-0.2, 0) is 9.59 Å². The summed E-state index contributed by atoms with van der Waals surface area (Å²) in [4.78, 5) is 43.7. The molecule has 9 heteroatoms. The average Bonchev–Trinajstić information content (AvgIpc) is 3.31. The summed E-state index contributed by atoms with van der Waals surface area (Å²) in [5, 5.41) is -0.187. The van der Waals surface area contributed by atoms with Gasteiger partial charge in [0.25, 0.3) is 5.24 Å². The Morgan fingerprint density at radius 3 is 2.92 bits per heavy atom. The second kappa shape index (κ2) is 6.97. The van der Waals surface area contributed by atoms with Gasteiger partial charge in [0.1, 0.15) is 0 Å². The van der Waals surface area contributed by atoms with Gasteiger partial charge in [0.15, 0.2) is 4.34 Å². The number of thioether (sulfide) groups is 2. The van der Waals surface area contributed by atoms with Crippen LogP contribution >= 0.6 is 34.9 Å². The number of hydrogen-bond donors (Lipinski definition) is 0. The Kier molecular flexibility index (Phi) is 4.70. The first-order valence-corrected chi connectivity index (χ1v) is 10.7. The molecule has 1 atom stereocenters. The van der Waals surface area contributed by atoms with Crippen molar-refractivity contribution in [1.82, 2.24) is 14.8 Å². The predicted octanol–water partition coefficient (Wildman–Crippen LogP) is 2.68. The van der Waals surface area contributed by atoms with Crippen LogP contribution in [0.4, 0.5) is 4.79 Å². The second-order valence-electron chi connectivity index (χ2n) is 5.84. The molecule has 2 aliphatic rings. The number of rotatable bonds is 4. The summed E-state index contributed by atoms with van der Waals surface area (Å²) in [6.07, 6.45) is 0.662. The standard InChI is InChI=1S/C16H15N3O3S3/c20-13(8-23-15-17-11-3-1-2-4-12(11)25-15)18-6-5-10(7-18)19-14(21)9-24-16(19)22/h1-4,10H,5-9H2. The molecule has 6 nitrogen and oxygen atoms in total. The van der Waals surface area contributed by atoms with Crippen molar-refractivity contribution in [2.75, 3.05) is 24.6 Å². The fourth-order valence-electron chi connectivity index (χ4n) is 3.02. The van der Waals surface area contributed by atoms with Gasteiger partial charge in [-0.05, 0) is 18.6 Å². The third-order valence-corrected chi connectivity index (χ3v) is 7.26. The van der Waals surface area contributed by atoms with Crippen LogP contribution in [0.1, 0.15) is 6.42 Å². The third-order valence-electron chi connectivity index (χ3n) is 4.26. The molecule has 0 spiro atoms. The van der Waals surface area contributed by atoms with Crippen molar-refractivity contribution in [1.29, 1.82) is 0 Å². The highest BCUT2D eigenvalue weighted by molar-refractivity contribution is 8.14. The van der Waals surface area contributed by atoms with E-state index < -0.39 is 0 Å². The van der Waals surface area contributed by atoms with Crippen LogP contribution in [0.5, 0.6) is 0 Å². The monoisotopic (exact) mass is 393 g/mol. The molecule has 3 amide bonds. The highest BCUT2D eigenvalue weighted by Gasteiger charge is 2.40. The largest absolute Gasteiger partial charge is 0.340 e. The number of thiazole rings is 1. The van der Waals surface area contributed by atoms with Gasteiger partial charge in [0, 0.05) is 13.1 Å². The summed E-state index contributed by atoms with van der Waals surface area (Å²) in [6.45, 7) is 1.03. The number of para-hydroxylation sites is 1. The number of nitrogens with zero attached hydrogens (tertiary/aromatic N) is 3. The van der Waals surface area contributed by atoms with E-state index in [4.69, 9.17) is 0 Å². The molecule has 0 radical (unpaired) electrons. The van der Waals surface area contributed by atoms with Gasteiger partial charge < -0.3 is 4.90 Å². The van der Waals surface area contributed by atoms with E-state index >= 15 is 0 Å². The van der Waals surface area contributed by atoms with Crippen molar-refractivity contribution in [3.05, 3.63) is 24.3 Å². The molecule has 2 aromatic rings. The first-order chi connectivity index (χ1) is 12.1. The molecule has 0 aliphatic carbocycles. The van der Waals surface area contributed by atoms with E-state index in [0.29, 0.717) is 25.3 Å². The van der Waals surface area contributed by atoms with Gasteiger partial charge in [0.2, 0.25) is 11.8 Å². The van der Waals surface area contributed by atoms with Crippen LogP contribution in [0.2, 0.25) is 0 Å². The predicted molar refractivity (Wildman–Crippen MR) is 100 cm³/mol. The number of likely N-dealkylation sites (tertiary alicyclic amines) is 1. The smallest absolute Gasteiger partial charge is 0.289 e. The van der Waals surface area contributed by atoms with E-state index in [-0.39, 0.29) is 28.8 Å². The zero-order valence-corrected chi connectivity index (χ0v) is 15.7. The highest BCUT2D eigenvalue weighted by atomic mass is 32.2. The van der Waals surface area contributed by atoms with Crippen LogP contribution in [0, 0.1) is 0 Å². The normalized spacial score (nSPS) is 20.9. The molecular formula is C16H15N3O3S3. The number of aromatic nitrogens is 1. The van der Waals surface area contributed by atoms with Gasteiger partial charge >= 0.3 is 0 Å². The lowest BCUT2D eigenvalue weighted by Gasteiger charge is -2.21. The zero-order valence-electron chi connectivity index (χ0n) is 13.2. The van der Waals surface area contributed by atoms with Crippen molar-refractivity contribution in [3.63, 3.8) is 0 Å². The fraction of sp³-hybridized carbons (Fsp3) is 0.375. The summed E-state index contributed by atoms with van der Waals surface area (Å²) >= 11 is 4.07. The van der Waals surface area contributed by atoms with Crippen LogP contribution in [0.15, 0.2) is 28.6 Å². The summed E-state index contributed by atoms with van der Waals surface area (Å²) in [5.41, 5.74) is 0.951. The molecule has 2 aliphatic heterocycles. The number of carbonyl (C=O) groups is 3. The van der Waals surface area contributed by atoms with Gasteiger partial charge in [-0.15, -0.1) is 11.3 Å². The van der Waals surface area contributed by atoms with E-state index in [0.717, 1.165) is 26.3 Å². The lowest BCUT2D eigenvalue weighted by Crippen LogP contribution is -2.41. The maximum atomic E-state index is 12.4. The Bertz CT molecular complexity index is 804. The molecule has 1 unspecified atom stereocenters. The van der Waals surface area contributed by atoms with Crippen LogP contribution in [-0.4, -0.2) is 62.5 Å². The number of benzene rings is 1. The van der Waals surface area contributed by atoms with E-state index in [9.17, 15) is 14.4 Å². The molecule has 2 fully saturated rings. The molecule has 3 heterocycles. The molecule has 1 aromatic heterocycles. The minimum atomic E-state index is -0.187. The van der Waals surface area contributed by atoms with Crippen LogP contribution < -0.4 is 0 Å². The zero-order chi connectivity index (χ0) is 17.4. The lowest BCUT2D eigenvalue weighted by molar-refractivity contribution is -0.129. The maximum Gasteiger partial charge on any atom is 0.289 e. The number of hydrogen-bond acceptors (Lipinski definition) is 7.